The van der Waals surface area contributed by atoms with Crippen LogP contribution in [0.25, 0.3) is 0 Å². The number of likely N-dealkylation sites (tertiary alicyclic amines) is 1. The van der Waals surface area contributed by atoms with Gasteiger partial charge in [0.2, 0.25) is 17.7 Å². The standard InChI is InChI=1S/C27H32FN3O4/c28-23-10-8-21(9-11-23)19-26(33)29-14-16-30(17-15-29)27(34)22-5-4-13-31(20-22)25(32)12-18-35-24-6-2-1-3-7-24/h1-3,6-11,22H,4-5,12-20H2. The first kappa shape index (κ1) is 24.7. The molecule has 2 aliphatic rings. The molecule has 7 nitrogen and oxygen atoms in total. The second kappa shape index (κ2) is 11.8. The van der Waals surface area contributed by atoms with Gasteiger partial charge in [-0.05, 0) is 42.7 Å². The van der Waals surface area contributed by atoms with E-state index in [4.69, 9.17) is 4.74 Å². The average Bonchev–Trinajstić information content (AvgIpc) is 2.90. The topological polar surface area (TPSA) is 70.2 Å². The molecule has 0 spiro atoms. The molecule has 0 radical (unpaired) electrons. The van der Waals surface area contributed by atoms with Crippen molar-refractivity contribution in [2.24, 2.45) is 5.92 Å². The molecule has 35 heavy (non-hydrogen) atoms. The maximum Gasteiger partial charge on any atom is 0.227 e. The van der Waals surface area contributed by atoms with Crippen LogP contribution in [-0.2, 0) is 20.8 Å². The lowest BCUT2D eigenvalue weighted by Crippen LogP contribution is -2.54. The summed E-state index contributed by atoms with van der Waals surface area (Å²) in [5.41, 5.74) is 0.774. The van der Waals surface area contributed by atoms with Gasteiger partial charge in [-0.3, -0.25) is 14.4 Å². The Morgan fingerprint density at radius 3 is 2.23 bits per heavy atom. The summed E-state index contributed by atoms with van der Waals surface area (Å²) < 4.78 is 18.7. The van der Waals surface area contributed by atoms with Crippen molar-refractivity contribution < 1.29 is 23.5 Å². The highest BCUT2D eigenvalue weighted by atomic mass is 19.1. The number of carbonyl (C=O) groups is 3. The van der Waals surface area contributed by atoms with E-state index >= 15 is 0 Å². The summed E-state index contributed by atoms with van der Waals surface area (Å²) in [4.78, 5) is 43.8. The van der Waals surface area contributed by atoms with Crippen LogP contribution >= 0.6 is 0 Å². The van der Waals surface area contributed by atoms with E-state index in [0.717, 1.165) is 24.2 Å². The lowest BCUT2D eigenvalue weighted by atomic mass is 9.96. The molecule has 1 atom stereocenters. The van der Waals surface area contributed by atoms with Gasteiger partial charge < -0.3 is 19.4 Å². The Morgan fingerprint density at radius 1 is 0.829 bits per heavy atom. The van der Waals surface area contributed by atoms with Crippen LogP contribution in [0.2, 0.25) is 0 Å². The molecule has 2 aliphatic heterocycles. The number of halogens is 1. The van der Waals surface area contributed by atoms with Gasteiger partial charge in [0.1, 0.15) is 11.6 Å². The van der Waals surface area contributed by atoms with E-state index in [1.165, 1.54) is 12.1 Å². The van der Waals surface area contributed by atoms with Crippen LogP contribution in [0.1, 0.15) is 24.8 Å². The molecule has 0 N–H and O–H groups in total. The second-order valence-electron chi connectivity index (χ2n) is 9.10. The first-order valence-electron chi connectivity index (χ1n) is 12.3. The molecule has 2 saturated heterocycles. The van der Waals surface area contributed by atoms with Gasteiger partial charge in [-0.2, -0.15) is 0 Å². The largest absolute Gasteiger partial charge is 0.493 e. The third-order valence-electron chi connectivity index (χ3n) is 6.66. The number of piperazine rings is 1. The van der Waals surface area contributed by atoms with E-state index < -0.39 is 0 Å². The van der Waals surface area contributed by atoms with E-state index in [1.54, 1.807) is 21.9 Å². The van der Waals surface area contributed by atoms with E-state index in [-0.39, 0.29) is 42.3 Å². The highest BCUT2D eigenvalue weighted by Gasteiger charge is 2.33. The monoisotopic (exact) mass is 481 g/mol. The van der Waals surface area contributed by atoms with Crippen molar-refractivity contribution in [1.29, 1.82) is 0 Å². The number of ether oxygens (including phenoxy) is 1. The molecule has 1 unspecified atom stereocenters. The van der Waals surface area contributed by atoms with E-state index in [1.807, 2.05) is 35.2 Å². The van der Waals surface area contributed by atoms with Crippen LogP contribution in [0, 0.1) is 11.7 Å². The fraction of sp³-hybridized carbons (Fsp3) is 0.444. The summed E-state index contributed by atoms with van der Waals surface area (Å²) in [6, 6.07) is 15.4. The molecule has 2 fully saturated rings. The first-order valence-corrected chi connectivity index (χ1v) is 12.3. The Bertz CT molecular complexity index is 1010. The molecule has 2 aromatic rings. The smallest absolute Gasteiger partial charge is 0.227 e. The number of benzene rings is 2. The van der Waals surface area contributed by atoms with Gasteiger partial charge in [-0.25, -0.2) is 4.39 Å². The lowest BCUT2D eigenvalue weighted by Gasteiger charge is -2.39. The molecular formula is C27H32FN3O4. The molecule has 0 aromatic heterocycles. The summed E-state index contributed by atoms with van der Waals surface area (Å²) in [6.07, 6.45) is 2.08. The number of piperidine rings is 1. The fourth-order valence-electron chi connectivity index (χ4n) is 4.66. The van der Waals surface area contributed by atoms with Crippen molar-refractivity contribution in [3.63, 3.8) is 0 Å². The number of amides is 3. The first-order chi connectivity index (χ1) is 17.0. The SMILES string of the molecule is O=C(Cc1ccc(F)cc1)N1CCN(C(=O)C2CCCN(C(=O)CCOc3ccccc3)C2)CC1. The van der Waals surface area contributed by atoms with Crippen molar-refractivity contribution in [3.05, 3.63) is 66.0 Å². The zero-order valence-electron chi connectivity index (χ0n) is 19.9. The summed E-state index contributed by atoms with van der Waals surface area (Å²) in [5.74, 6) is 0.266. The van der Waals surface area contributed by atoms with Crippen LogP contribution in [0.5, 0.6) is 5.75 Å². The predicted octanol–water partition coefficient (Wildman–Crippen LogP) is 2.75. The van der Waals surface area contributed by atoms with Gasteiger partial charge in [0.25, 0.3) is 0 Å². The minimum atomic E-state index is -0.322. The third kappa shape index (κ3) is 6.81. The molecule has 8 heteroatoms. The van der Waals surface area contributed by atoms with Crippen LogP contribution in [0.4, 0.5) is 4.39 Å². The molecule has 3 amide bonds. The predicted molar refractivity (Wildman–Crippen MR) is 129 cm³/mol. The Balaban J connectivity index is 1.21. The molecular weight excluding hydrogens is 449 g/mol. The Morgan fingerprint density at radius 2 is 1.51 bits per heavy atom. The number of hydrogen-bond acceptors (Lipinski definition) is 4. The van der Waals surface area contributed by atoms with Gasteiger partial charge >= 0.3 is 0 Å². The summed E-state index contributed by atoms with van der Waals surface area (Å²) in [5, 5.41) is 0. The quantitative estimate of drug-likeness (QED) is 0.610. The minimum absolute atomic E-state index is 0.00893. The van der Waals surface area contributed by atoms with Crippen molar-refractivity contribution in [3.8, 4) is 5.75 Å². The minimum Gasteiger partial charge on any atom is -0.493 e. The van der Waals surface area contributed by atoms with Gasteiger partial charge in [0, 0.05) is 39.3 Å². The maximum absolute atomic E-state index is 13.1. The molecule has 0 aliphatic carbocycles. The van der Waals surface area contributed by atoms with Crippen LogP contribution in [0.3, 0.4) is 0 Å². The highest BCUT2D eigenvalue weighted by molar-refractivity contribution is 5.82. The summed E-state index contributed by atoms with van der Waals surface area (Å²) in [7, 11) is 0. The Hall–Kier alpha value is -3.42. The zero-order chi connectivity index (χ0) is 24.6. The van der Waals surface area contributed by atoms with E-state index in [9.17, 15) is 18.8 Å². The number of carbonyl (C=O) groups excluding carboxylic acids is 3. The van der Waals surface area contributed by atoms with Crippen molar-refractivity contribution in [2.45, 2.75) is 25.7 Å². The van der Waals surface area contributed by atoms with Gasteiger partial charge in [-0.15, -0.1) is 0 Å². The van der Waals surface area contributed by atoms with Crippen molar-refractivity contribution >= 4 is 17.7 Å². The fourth-order valence-corrected chi connectivity index (χ4v) is 4.66. The molecule has 2 aromatic carbocycles. The van der Waals surface area contributed by atoms with Crippen LogP contribution in [-0.4, -0.2) is 78.3 Å². The van der Waals surface area contributed by atoms with Gasteiger partial charge in [-0.1, -0.05) is 30.3 Å². The maximum atomic E-state index is 13.1. The van der Waals surface area contributed by atoms with Gasteiger partial charge in [0.05, 0.1) is 25.4 Å². The van der Waals surface area contributed by atoms with Crippen molar-refractivity contribution in [2.75, 3.05) is 45.9 Å². The normalized spacial score (nSPS) is 18.3. The number of hydrogen-bond donors (Lipinski definition) is 0. The Kier molecular flexibility index (Phi) is 8.34. The van der Waals surface area contributed by atoms with E-state index in [0.29, 0.717) is 45.9 Å². The molecule has 2 heterocycles. The second-order valence-corrected chi connectivity index (χ2v) is 9.10. The molecule has 0 bridgehead atoms. The molecule has 4 rings (SSSR count). The molecule has 186 valence electrons. The summed E-state index contributed by atoms with van der Waals surface area (Å²) in [6.45, 7) is 3.36. The zero-order valence-corrected chi connectivity index (χ0v) is 19.9. The molecule has 0 saturated carbocycles. The summed E-state index contributed by atoms with van der Waals surface area (Å²) >= 11 is 0. The van der Waals surface area contributed by atoms with Crippen LogP contribution in [0.15, 0.2) is 54.6 Å². The average molecular weight is 482 g/mol. The number of rotatable bonds is 7. The number of nitrogens with zero attached hydrogens (tertiary/aromatic N) is 3. The van der Waals surface area contributed by atoms with E-state index in [2.05, 4.69) is 0 Å². The lowest BCUT2D eigenvalue weighted by molar-refractivity contribution is -0.145. The van der Waals surface area contributed by atoms with Crippen molar-refractivity contribution in [1.82, 2.24) is 14.7 Å². The number of para-hydroxylation sites is 1. The Labute approximate surface area is 205 Å². The third-order valence-corrected chi connectivity index (χ3v) is 6.66. The van der Waals surface area contributed by atoms with Gasteiger partial charge in [0.15, 0.2) is 0 Å². The highest BCUT2D eigenvalue weighted by Crippen LogP contribution is 2.21. The van der Waals surface area contributed by atoms with Crippen LogP contribution < -0.4 is 4.74 Å².